The molecule has 0 aliphatic carbocycles. The summed E-state index contributed by atoms with van der Waals surface area (Å²) in [7, 11) is 1.68. The Labute approximate surface area is 55.2 Å². The zero-order chi connectivity index (χ0) is 7.11. The summed E-state index contributed by atoms with van der Waals surface area (Å²) in [6.45, 7) is 3.52. The molecule has 0 aromatic carbocycles. The van der Waals surface area contributed by atoms with Crippen molar-refractivity contribution < 1.29 is 5.11 Å². The summed E-state index contributed by atoms with van der Waals surface area (Å²) in [5, 5.41) is 8.55. The Balaban J connectivity index is 3.90. The third kappa shape index (κ3) is 3.67. The van der Waals surface area contributed by atoms with Crippen LogP contribution in [0.3, 0.4) is 0 Å². The van der Waals surface area contributed by atoms with Crippen molar-refractivity contribution in [1.82, 2.24) is 0 Å². The van der Waals surface area contributed by atoms with Gasteiger partial charge in [-0.05, 0) is 11.6 Å². The molecule has 0 aromatic rings. The largest absolute Gasteiger partial charge is 0.392 e. The summed E-state index contributed by atoms with van der Waals surface area (Å²) in [4.78, 5) is 3.71. The van der Waals surface area contributed by atoms with Crippen LogP contribution in [-0.2, 0) is 0 Å². The Hall–Kier alpha value is -0.890. The minimum atomic E-state index is 0.0233. The Morgan fingerprint density at radius 3 is 2.78 bits per heavy atom. The quantitative estimate of drug-likeness (QED) is 0.439. The fourth-order valence-corrected chi connectivity index (χ4v) is 0.356. The van der Waals surface area contributed by atoms with Crippen LogP contribution in [0.15, 0.2) is 29.3 Å². The maximum atomic E-state index is 8.55. The maximum Gasteiger partial charge on any atom is 0.0682 e. The van der Waals surface area contributed by atoms with Crippen LogP contribution in [-0.4, -0.2) is 25.0 Å². The van der Waals surface area contributed by atoms with Crippen molar-refractivity contribution in [1.29, 1.82) is 0 Å². The lowest BCUT2D eigenvalue weighted by atomic mass is 10.3. The van der Waals surface area contributed by atoms with Gasteiger partial charge in [0.25, 0.3) is 0 Å². The fraction of sp³-hybridized carbons (Fsp3) is 0.286. The first kappa shape index (κ1) is 8.11. The topological polar surface area (TPSA) is 32.6 Å². The first-order chi connectivity index (χ1) is 4.35. The lowest BCUT2D eigenvalue weighted by Crippen LogP contribution is -1.84. The van der Waals surface area contributed by atoms with Crippen LogP contribution in [0.4, 0.5) is 0 Å². The van der Waals surface area contributed by atoms with Crippen molar-refractivity contribution in [3.05, 3.63) is 24.3 Å². The van der Waals surface area contributed by atoms with Gasteiger partial charge >= 0.3 is 0 Å². The highest BCUT2D eigenvalue weighted by atomic mass is 16.3. The Morgan fingerprint density at radius 2 is 2.44 bits per heavy atom. The van der Waals surface area contributed by atoms with Gasteiger partial charge in [0.15, 0.2) is 0 Å². The summed E-state index contributed by atoms with van der Waals surface area (Å²) in [5.74, 6) is 0. The van der Waals surface area contributed by atoms with Crippen molar-refractivity contribution >= 4 is 6.21 Å². The Morgan fingerprint density at radius 1 is 1.78 bits per heavy atom. The van der Waals surface area contributed by atoms with Gasteiger partial charge in [0.05, 0.1) is 6.61 Å². The Kier molecular flexibility index (Phi) is 4.73. The van der Waals surface area contributed by atoms with Crippen molar-refractivity contribution in [2.24, 2.45) is 4.99 Å². The molecule has 2 heteroatoms. The minimum Gasteiger partial charge on any atom is -0.392 e. The molecule has 0 spiro atoms. The predicted octanol–water partition coefficient (Wildman–Crippen LogP) is 0.792. The molecule has 1 N–H and O–H groups in total. The van der Waals surface area contributed by atoms with Crippen LogP contribution in [0.25, 0.3) is 0 Å². The van der Waals surface area contributed by atoms with Crippen molar-refractivity contribution in [2.45, 2.75) is 0 Å². The smallest absolute Gasteiger partial charge is 0.0682 e. The maximum absolute atomic E-state index is 8.55. The van der Waals surface area contributed by atoms with E-state index in [2.05, 4.69) is 11.6 Å². The highest BCUT2D eigenvalue weighted by Crippen LogP contribution is 1.89. The van der Waals surface area contributed by atoms with Gasteiger partial charge in [0.2, 0.25) is 0 Å². The summed E-state index contributed by atoms with van der Waals surface area (Å²) < 4.78 is 0. The second-order valence-corrected chi connectivity index (χ2v) is 1.51. The fourth-order valence-electron chi connectivity index (χ4n) is 0.356. The first-order valence-corrected chi connectivity index (χ1v) is 2.69. The number of nitrogens with zero attached hydrogens (tertiary/aromatic N) is 1. The average molecular weight is 125 g/mol. The van der Waals surface area contributed by atoms with Gasteiger partial charge in [0.1, 0.15) is 0 Å². The number of hydrogen-bond donors (Lipinski definition) is 1. The van der Waals surface area contributed by atoms with E-state index in [1.165, 1.54) is 0 Å². The first-order valence-electron chi connectivity index (χ1n) is 2.69. The number of hydrogen-bond acceptors (Lipinski definition) is 2. The molecule has 0 unspecified atom stereocenters. The van der Waals surface area contributed by atoms with Gasteiger partial charge in [0, 0.05) is 13.3 Å². The second-order valence-electron chi connectivity index (χ2n) is 1.51. The van der Waals surface area contributed by atoms with Gasteiger partial charge in [-0.1, -0.05) is 12.7 Å². The third-order valence-corrected chi connectivity index (χ3v) is 0.882. The molecule has 0 aromatic heterocycles. The van der Waals surface area contributed by atoms with Crippen molar-refractivity contribution in [3.63, 3.8) is 0 Å². The zero-order valence-electron chi connectivity index (χ0n) is 5.54. The molecule has 0 saturated heterocycles. The lowest BCUT2D eigenvalue weighted by molar-refractivity contribution is 0.335. The molecular weight excluding hydrogens is 114 g/mol. The van der Waals surface area contributed by atoms with E-state index in [4.69, 9.17) is 5.11 Å². The number of allylic oxidation sites excluding steroid dienone is 1. The monoisotopic (exact) mass is 125 g/mol. The van der Waals surface area contributed by atoms with Gasteiger partial charge in [-0.25, -0.2) is 0 Å². The van der Waals surface area contributed by atoms with E-state index in [0.717, 1.165) is 5.57 Å². The molecule has 0 saturated carbocycles. The summed E-state index contributed by atoms with van der Waals surface area (Å²) in [6.07, 6.45) is 4.93. The van der Waals surface area contributed by atoms with Crippen LogP contribution in [0, 0.1) is 0 Å². The van der Waals surface area contributed by atoms with Gasteiger partial charge in [-0.3, -0.25) is 4.99 Å². The van der Waals surface area contributed by atoms with E-state index in [1.807, 2.05) is 0 Å². The molecule has 0 aliphatic heterocycles. The molecule has 0 aliphatic rings. The van der Waals surface area contributed by atoms with Crippen LogP contribution in [0.2, 0.25) is 0 Å². The van der Waals surface area contributed by atoms with Gasteiger partial charge in [-0.2, -0.15) is 0 Å². The molecule has 0 bridgehead atoms. The van der Waals surface area contributed by atoms with E-state index in [9.17, 15) is 0 Å². The molecule has 0 heterocycles. The Bertz CT molecular complexity index is 136. The van der Waals surface area contributed by atoms with Crippen LogP contribution < -0.4 is 0 Å². The molecule has 0 radical (unpaired) electrons. The SMILES string of the molecule is C=C/C(=C\C=NC)CO. The molecule has 50 valence electrons. The molecule has 0 rings (SSSR count). The number of aliphatic hydroxyl groups is 1. The van der Waals surface area contributed by atoms with Gasteiger partial charge in [-0.15, -0.1) is 0 Å². The molecule has 0 fully saturated rings. The summed E-state index contributed by atoms with van der Waals surface area (Å²) in [5.41, 5.74) is 0.778. The van der Waals surface area contributed by atoms with Crippen molar-refractivity contribution in [3.8, 4) is 0 Å². The van der Waals surface area contributed by atoms with E-state index in [1.54, 1.807) is 25.4 Å². The summed E-state index contributed by atoms with van der Waals surface area (Å²) in [6, 6.07) is 0. The minimum absolute atomic E-state index is 0.0233. The molecule has 2 nitrogen and oxygen atoms in total. The molecule has 0 atom stereocenters. The van der Waals surface area contributed by atoms with E-state index < -0.39 is 0 Å². The zero-order valence-corrected chi connectivity index (χ0v) is 5.54. The molecule has 9 heavy (non-hydrogen) atoms. The van der Waals surface area contributed by atoms with Crippen LogP contribution in [0.1, 0.15) is 0 Å². The molecule has 0 amide bonds. The second kappa shape index (κ2) is 5.25. The highest BCUT2D eigenvalue weighted by molar-refractivity contribution is 5.72. The van der Waals surface area contributed by atoms with E-state index in [-0.39, 0.29) is 6.61 Å². The average Bonchev–Trinajstić information content (AvgIpc) is 1.91. The van der Waals surface area contributed by atoms with Crippen LogP contribution in [0.5, 0.6) is 0 Å². The lowest BCUT2D eigenvalue weighted by Gasteiger charge is -1.88. The van der Waals surface area contributed by atoms with Crippen molar-refractivity contribution in [2.75, 3.05) is 13.7 Å². The summed E-state index contributed by atoms with van der Waals surface area (Å²) >= 11 is 0. The standard InChI is InChI=1S/C7H11NO/c1-3-7(6-9)4-5-8-2/h3-5,9H,1,6H2,2H3/b7-4+,8-5?. The predicted molar refractivity (Wildman–Crippen MR) is 39.8 cm³/mol. The number of rotatable bonds is 3. The van der Waals surface area contributed by atoms with Gasteiger partial charge < -0.3 is 5.11 Å². The van der Waals surface area contributed by atoms with E-state index >= 15 is 0 Å². The number of aliphatic imine (C=N–C) groups is 1. The number of aliphatic hydroxyl groups excluding tert-OH is 1. The highest BCUT2D eigenvalue weighted by Gasteiger charge is 1.81. The normalized spacial score (nSPS) is 12.4. The molecular formula is C7H11NO. The van der Waals surface area contributed by atoms with E-state index in [0.29, 0.717) is 0 Å². The van der Waals surface area contributed by atoms with Crippen LogP contribution >= 0.6 is 0 Å². The third-order valence-electron chi connectivity index (χ3n) is 0.882.